The molecule has 72 valence electrons. The fraction of sp³-hybridized carbons (Fsp3) is 0. The molecule has 0 aliphatic heterocycles. The molecule has 2 aromatic heterocycles. The molecule has 5 nitrogen and oxygen atoms in total. The molecular weight excluding hydrogens is 225 g/mol. The standard InChI is InChI=1S/C4H2Cl2N2.C3H3N3/c5-3-1-2-7-4(6)8-3;1-4-2-6-3-5-1/h1-2H;1-3H. The summed E-state index contributed by atoms with van der Waals surface area (Å²) in [4.78, 5) is 17.9. The van der Waals surface area contributed by atoms with Crippen molar-refractivity contribution in [3.8, 4) is 0 Å². The fourth-order valence-corrected chi connectivity index (χ4v) is 0.847. The van der Waals surface area contributed by atoms with E-state index in [-0.39, 0.29) is 5.28 Å². The first-order chi connectivity index (χ1) is 6.79. The average molecular weight is 230 g/mol. The number of aromatic nitrogens is 5. The van der Waals surface area contributed by atoms with Gasteiger partial charge in [0.15, 0.2) is 0 Å². The molecule has 0 bridgehead atoms. The van der Waals surface area contributed by atoms with E-state index in [0.29, 0.717) is 5.15 Å². The molecule has 0 N–H and O–H groups in total. The van der Waals surface area contributed by atoms with Crippen LogP contribution in [0.5, 0.6) is 0 Å². The zero-order valence-electron chi connectivity index (χ0n) is 6.88. The molecule has 0 unspecified atom stereocenters. The first-order valence-corrected chi connectivity index (χ1v) is 4.23. The van der Waals surface area contributed by atoms with Crippen LogP contribution in [0.1, 0.15) is 0 Å². The minimum atomic E-state index is 0.178. The third-order valence-corrected chi connectivity index (χ3v) is 1.38. The highest BCUT2D eigenvalue weighted by molar-refractivity contribution is 6.31. The summed E-state index contributed by atoms with van der Waals surface area (Å²) in [5.41, 5.74) is 0. The van der Waals surface area contributed by atoms with Crippen LogP contribution < -0.4 is 0 Å². The zero-order chi connectivity index (χ0) is 10.2. The van der Waals surface area contributed by atoms with E-state index < -0.39 is 0 Å². The average Bonchev–Trinajstić information content (AvgIpc) is 2.21. The van der Waals surface area contributed by atoms with Gasteiger partial charge in [0.1, 0.15) is 24.1 Å². The van der Waals surface area contributed by atoms with E-state index in [2.05, 4.69) is 24.9 Å². The Labute approximate surface area is 90.2 Å². The maximum absolute atomic E-state index is 5.41. The number of hydrogen-bond acceptors (Lipinski definition) is 5. The SMILES string of the molecule is Clc1ccnc(Cl)n1.c1ncncn1. The summed E-state index contributed by atoms with van der Waals surface area (Å²) in [6.45, 7) is 0. The van der Waals surface area contributed by atoms with Crippen molar-refractivity contribution in [2.24, 2.45) is 0 Å². The van der Waals surface area contributed by atoms with Gasteiger partial charge >= 0.3 is 0 Å². The molecule has 0 saturated carbocycles. The Balaban J connectivity index is 0.000000146. The van der Waals surface area contributed by atoms with Crippen molar-refractivity contribution in [3.05, 3.63) is 41.7 Å². The van der Waals surface area contributed by atoms with Crippen molar-refractivity contribution >= 4 is 23.2 Å². The molecule has 2 rings (SSSR count). The van der Waals surface area contributed by atoms with E-state index in [9.17, 15) is 0 Å². The van der Waals surface area contributed by atoms with Gasteiger partial charge in [-0.2, -0.15) is 0 Å². The Kier molecular flexibility index (Phi) is 4.74. The Bertz CT molecular complexity index is 326. The molecule has 0 amide bonds. The molecule has 0 aromatic carbocycles. The predicted molar refractivity (Wildman–Crippen MR) is 51.9 cm³/mol. The first-order valence-electron chi connectivity index (χ1n) is 3.48. The summed E-state index contributed by atoms with van der Waals surface area (Å²) in [6.07, 6.45) is 5.81. The highest BCUT2D eigenvalue weighted by atomic mass is 35.5. The van der Waals surface area contributed by atoms with Gasteiger partial charge in [-0.05, 0) is 17.7 Å². The Morgan fingerprint density at radius 1 is 0.929 bits per heavy atom. The number of halogens is 2. The second-order valence-corrected chi connectivity index (χ2v) is 2.67. The lowest BCUT2D eigenvalue weighted by molar-refractivity contribution is 1.05. The van der Waals surface area contributed by atoms with Gasteiger partial charge in [0.2, 0.25) is 5.28 Å². The molecule has 0 saturated heterocycles. The maximum atomic E-state index is 5.41. The lowest BCUT2D eigenvalue weighted by Gasteiger charge is -1.85. The normalized spacial score (nSPS) is 8.71. The van der Waals surface area contributed by atoms with Gasteiger partial charge in [0, 0.05) is 6.20 Å². The monoisotopic (exact) mass is 229 g/mol. The van der Waals surface area contributed by atoms with Gasteiger partial charge in [-0.25, -0.2) is 24.9 Å². The fourth-order valence-electron chi connectivity index (χ4n) is 0.519. The van der Waals surface area contributed by atoms with Gasteiger partial charge < -0.3 is 0 Å². The second-order valence-electron chi connectivity index (χ2n) is 1.94. The van der Waals surface area contributed by atoms with E-state index in [1.54, 1.807) is 6.07 Å². The summed E-state index contributed by atoms with van der Waals surface area (Å²) in [5, 5.41) is 0.544. The summed E-state index contributed by atoms with van der Waals surface area (Å²) in [5.74, 6) is 0. The highest BCUT2D eigenvalue weighted by Crippen LogP contribution is 2.04. The van der Waals surface area contributed by atoms with Gasteiger partial charge in [-0.1, -0.05) is 11.6 Å². The molecule has 2 aromatic rings. The summed E-state index contributed by atoms with van der Waals surface area (Å²) < 4.78 is 0. The molecule has 0 spiro atoms. The van der Waals surface area contributed by atoms with Crippen molar-refractivity contribution in [3.63, 3.8) is 0 Å². The van der Waals surface area contributed by atoms with Gasteiger partial charge in [0.25, 0.3) is 0 Å². The van der Waals surface area contributed by atoms with Crippen LogP contribution in [0.25, 0.3) is 0 Å². The molecule has 0 fully saturated rings. The quantitative estimate of drug-likeness (QED) is 0.508. The zero-order valence-corrected chi connectivity index (χ0v) is 8.39. The maximum Gasteiger partial charge on any atom is 0.223 e. The van der Waals surface area contributed by atoms with Crippen molar-refractivity contribution in [1.29, 1.82) is 0 Å². The van der Waals surface area contributed by atoms with Crippen LogP contribution in [0, 0.1) is 0 Å². The summed E-state index contributed by atoms with van der Waals surface area (Å²) >= 11 is 10.7. The Morgan fingerprint density at radius 2 is 1.50 bits per heavy atom. The Morgan fingerprint density at radius 3 is 1.79 bits per heavy atom. The molecule has 7 heteroatoms. The van der Waals surface area contributed by atoms with Crippen LogP contribution in [-0.2, 0) is 0 Å². The third-order valence-electron chi connectivity index (χ3n) is 0.992. The van der Waals surface area contributed by atoms with Crippen molar-refractivity contribution in [2.45, 2.75) is 0 Å². The molecule has 14 heavy (non-hydrogen) atoms. The van der Waals surface area contributed by atoms with Crippen LogP contribution in [0.3, 0.4) is 0 Å². The van der Waals surface area contributed by atoms with Crippen molar-refractivity contribution in [1.82, 2.24) is 24.9 Å². The summed E-state index contributed by atoms with van der Waals surface area (Å²) in [7, 11) is 0. The minimum Gasteiger partial charge on any atom is -0.226 e. The van der Waals surface area contributed by atoms with Crippen LogP contribution in [0.4, 0.5) is 0 Å². The largest absolute Gasteiger partial charge is 0.226 e. The van der Waals surface area contributed by atoms with Crippen molar-refractivity contribution < 1.29 is 0 Å². The van der Waals surface area contributed by atoms with Crippen LogP contribution in [0.2, 0.25) is 10.4 Å². The van der Waals surface area contributed by atoms with E-state index in [0.717, 1.165) is 0 Å². The molecule has 0 aliphatic rings. The first kappa shape index (κ1) is 10.7. The van der Waals surface area contributed by atoms with Crippen LogP contribution >= 0.6 is 23.2 Å². The van der Waals surface area contributed by atoms with Gasteiger partial charge in [-0.3, -0.25) is 0 Å². The second kappa shape index (κ2) is 6.17. The third kappa shape index (κ3) is 4.64. The number of nitrogens with zero attached hydrogens (tertiary/aromatic N) is 5. The lowest BCUT2D eigenvalue weighted by atomic mass is 10.7. The van der Waals surface area contributed by atoms with Crippen molar-refractivity contribution in [2.75, 3.05) is 0 Å². The van der Waals surface area contributed by atoms with E-state index >= 15 is 0 Å². The van der Waals surface area contributed by atoms with Crippen LogP contribution in [-0.4, -0.2) is 24.9 Å². The topological polar surface area (TPSA) is 64.5 Å². The smallest absolute Gasteiger partial charge is 0.223 e. The van der Waals surface area contributed by atoms with E-state index in [1.165, 1.54) is 25.2 Å². The lowest BCUT2D eigenvalue weighted by Crippen LogP contribution is -1.77. The molecule has 0 radical (unpaired) electrons. The molecule has 2 heterocycles. The van der Waals surface area contributed by atoms with Crippen LogP contribution in [0.15, 0.2) is 31.2 Å². The molecular formula is C7H5Cl2N5. The predicted octanol–water partition coefficient (Wildman–Crippen LogP) is 1.65. The number of rotatable bonds is 0. The highest BCUT2D eigenvalue weighted by Gasteiger charge is 1.88. The Hall–Kier alpha value is -1.33. The number of hydrogen-bond donors (Lipinski definition) is 0. The summed E-state index contributed by atoms with van der Waals surface area (Å²) in [6, 6.07) is 1.56. The molecule has 0 aliphatic carbocycles. The minimum absolute atomic E-state index is 0.178. The van der Waals surface area contributed by atoms with Gasteiger partial charge in [-0.15, -0.1) is 0 Å². The van der Waals surface area contributed by atoms with E-state index in [1.807, 2.05) is 0 Å². The van der Waals surface area contributed by atoms with E-state index in [4.69, 9.17) is 23.2 Å². The molecule has 0 atom stereocenters. The van der Waals surface area contributed by atoms with Gasteiger partial charge in [0.05, 0.1) is 0 Å².